The number of sulfone groups is 1. The van der Waals surface area contributed by atoms with E-state index in [0.717, 1.165) is 6.42 Å². The van der Waals surface area contributed by atoms with E-state index in [2.05, 4.69) is 0 Å². The van der Waals surface area contributed by atoms with Gasteiger partial charge in [0.1, 0.15) is 0 Å². The Labute approximate surface area is 102 Å². The van der Waals surface area contributed by atoms with Gasteiger partial charge in [-0.05, 0) is 43.5 Å². The van der Waals surface area contributed by atoms with Crippen LogP contribution < -0.4 is 5.73 Å². The van der Waals surface area contributed by atoms with Crippen molar-refractivity contribution in [2.45, 2.75) is 29.9 Å². The van der Waals surface area contributed by atoms with Crippen LogP contribution in [-0.4, -0.2) is 26.9 Å². The Balaban J connectivity index is 2.37. The van der Waals surface area contributed by atoms with Crippen LogP contribution in [0.15, 0.2) is 23.1 Å². The number of ether oxygens (including phenoxy) is 1. The van der Waals surface area contributed by atoms with Gasteiger partial charge in [-0.2, -0.15) is 0 Å². The number of benzene rings is 1. The molecular weight excluding hydrogens is 238 g/mol. The van der Waals surface area contributed by atoms with Crippen molar-refractivity contribution in [2.24, 2.45) is 0 Å². The molecule has 1 atom stereocenters. The molecule has 1 saturated heterocycles. The van der Waals surface area contributed by atoms with Crippen LogP contribution in [0, 0.1) is 6.92 Å². The van der Waals surface area contributed by atoms with Crippen LogP contribution in [-0.2, 0) is 14.6 Å². The molecular formula is C12H17NO3S. The molecule has 0 aliphatic carbocycles. The molecule has 94 valence electrons. The van der Waals surface area contributed by atoms with Crippen LogP contribution in [0.2, 0.25) is 0 Å². The van der Waals surface area contributed by atoms with Crippen molar-refractivity contribution in [3.63, 3.8) is 0 Å². The van der Waals surface area contributed by atoms with E-state index in [0.29, 0.717) is 35.8 Å². The smallest absolute Gasteiger partial charge is 0.183 e. The summed E-state index contributed by atoms with van der Waals surface area (Å²) >= 11 is 0. The lowest BCUT2D eigenvalue weighted by Gasteiger charge is -2.23. The molecule has 1 aromatic carbocycles. The Kier molecular flexibility index (Phi) is 3.40. The zero-order valence-corrected chi connectivity index (χ0v) is 10.7. The lowest BCUT2D eigenvalue weighted by Crippen LogP contribution is -2.31. The molecule has 1 aliphatic rings. The molecule has 1 fully saturated rings. The zero-order chi connectivity index (χ0) is 12.5. The number of anilines is 1. The lowest BCUT2D eigenvalue weighted by molar-refractivity contribution is 0.0991. The molecule has 1 aromatic rings. The van der Waals surface area contributed by atoms with Crippen molar-refractivity contribution < 1.29 is 13.2 Å². The number of rotatable bonds is 2. The summed E-state index contributed by atoms with van der Waals surface area (Å²) in [5.74, 6) is 0. The van der Waals surface area contributed by atoms with Crippen LogP contribution in [0.3, 0.4) is 0 Å². The predicted octanol–water partition coefficient (Wildman–Crippen LogP) is 1.53. The molecule has 1 aliphatic heterocycles. The number of aryl methyl sites for hydroxylation is 1. The summed E-state index contributed by atoms with van der Waals surface area (Å²) < 4.78 is 30.0. The molecule has 0 spiro atoms. The van der Waals surface area contributed by atoms with Gasteiger partial charge in [-0.1, -0.05) is 0 Å². The Bertz CT molecular complexity index is 504. The largest absolute Gasteiger partial charge is 0.399 e. The second kappa shape index (κ2) is 4.66. The van der Waals surface area contributed by atoms with Gasteiger partial charge in [-0.15, -0.1) is 0 Å². The Hall–Kier alpha value is -1.07. The quantitative estimate of drug-likeness (QED) is 0.814. The molecule has 0 bridgehead atoms. The summed E-state index contributed by atoms with van der Waals surface area (Å²) in [4.78, 5) is 0.377. The van der Waals surface area contributed by atoms with E-state index in [-0.39, 0.29) is 0 Å². The molecule has 4 nitrogen and oxygen atoms in total. The molecule has 2 N–H and O–H groups in total. The van der Waals surface area contributed by atoms with Gasteiger partial charge in [0.05, 0.1) is 16.8 Å². The van der Waals surface area contributed by atoms with Gasteiger partial charge in [0.25, 0.3) is 0 Å². The van der Waals surface area contributed by atoms with Crippen molar-refractivity contribution >= 4 is 15.5 Å². The molecule has 1 heterocycles. The lowest BCUT2D eigenvalue weighted by atomic mass is 10.2. The van der Waals surface area contributed by atoms with Gasteiger partial charge in [0.2, 0.25) is 0 Å². The van der Waals surface area contributed by atoms with E-state index in [9.17, 15) is 8.42 Å². The van der Waals surface area contributed by atoms with Crippen LogP contribution in [0.25, 0.3) is 0 Å². The van der Waals surface area contributed by atoms with Crippen molar-refractivity contribution in [3.05, 3.63) is 23.8 Å². The predicted molar refractivity (Wildman–Crippen MR) is 66.6 cm³/mol. The zero-order valence-electron chi connectivity index (χ0n) is 9.85. The minimum Gasteiger partial charge on any atom is -0.399 e. The summed E-state index contributed by atoms with van der Waals surface area (Å²) in [6, 6.07) is 4.91. The standard InChI is InChI=1S/C12H17NO3S/c1-9-7-10(13)4-5-12(9)17(14,15)11-3-2-6-16-8-11/h4-5,7,11H,2-3,6,8,13H2,1H3. The summed E-state index contributed by atoms with van der Waals surface area (Å²) in [7, 11) is -3.29. The Morgan fingerprint density at radius 1 is 1.41 bits per heavy atom. The van der Waals surface area contributed by atoms with Gasteiger partial charge in [0, 0.05) is 12.3 Å². The molecule has 2 rings (SSSR count). The normalized spacial score (nSPS) is 21.4. The molecule has 0 aromatic heterocycles. The molecule has 17 heavy (non-hydrogen) atoms. The van der Waals surface area contributed by atoms with Crippen LogP contribution in [0.5, 0.6) is 0 Å². The number of nitrogens with two attached hydrogens (primary N) is 1. The number of hydrogen-bond donors (Lipinski definition) is 1. The summed E-state index contributed by atoms with van der Waals surface area (Å²) in [5.41, 5.74) is 6.92. The van der Waals surface area contributed by atoms with Crippen LogP contribution >= 0.6 is 0 Å². The van der Waals surface area contributed by atoms with E-state index in [4.69, 9.17) is 10.5 Å². The maximum Gasteiger partial charge on any atom is 0.183 e. The van der Waals surface area contributed by atoms with Gasteiger partial charge in [0.15, 0.2) is 9.84 Å². The Morgan fingerprint density at radius 3 is 2.76 bits per heavy atom. The van der Waals surface area contributed by atoms with E-state index >= 15 is 0 Å². The molecule has 1 unspecified atom stereocenters. The van der Waals surface area contributed by atoms with Crippen LogP contribution in [0.4, 0.5) is 5.69 Å². The van der Waals surface area contributed by atoms with Crippen LogP contribution in [0.1, 0.15) is 18.4 Å². The summed E-state index contributed by atoms with van der Waals surface area (Å²) in [5, 5.41) is -0.418. The molecule has 0 amide bonds. The first kappa shape index (κ1) is 12.4. The maximum atomic E-state index is 12.4. The third-order valence-corrected chi connectivity index (χ3v) is 5.38. The van der Waals surface area contributed by atoms with E-state index in [1.54, 1.807) is 25.1 Å². The van der Waals surface area contributed by atoms with E-state index < -0.39 is 15.1 Å². The topological polar surface area (TPSA) is 69.4 Å². The highest BCUT2D eigenvalue weighted by Crippen LogP contribution is 2.26. The second-order valence-electron chi connectivity index (χ2n) is 4.41. The molecule has 0 radical (unpaired) electrons. The second-order valence-corrected chi connectivity index (χ2v) is 6.61. The first-order valence-electron chi connectivity index (χ1n) is 5.69. The van der Waals surface area contributed by atoms with E-state index in [1.807, 2.05) is 0 Å². The van der Waals surface area contributed by atoms with Gasteiger partial charge in [-0.25, -0.2) is 8.42 Å². The highest BCUT2D eigenvalue weighted by atomic mass is 32.2. The van der Waals surface area contributed by atoms with E-state index in [1.165, 1.54) is 0 Å². The van der Waals surface area contributed by atoms with Gasteiger partial charge < -0.3 is 10.5 Å². The Morgan fingerprint density at radius 2 is 2.18 bits per heavy atom. The van der Waals surface area contributed by atoms with Gasteiger partial charge in [-0.3, -0.25) is 0 Å². The summed E-state index contributed by atoms with van der Waals surface area (Å²) in [6.07, 6.45) is 1.48. The SMILES string of the molecule is Cc1cc(N)ccc1S(=O)(=O)C1CCCOC1. The minimum absolute atomic E-state index is 0.298. The first-order valence-corrected chi connectivity index (χ1v) is 7.24. The van der Waals surface area contributed by atoms with Crippen molar-refractivity contribution in [1.82, 2.24) is 0 Å². The third-order valence-electron chi connectivity index (χ3n) is 3.06. The van der Waals surface area contributed by atoms with Crippen molar-refractivity contribution in [2.75, 3.05) is 18.9 Å². The fraction of sp³-hybridized carbons (Fsp3) is 0.500. The fourth-order valence-corrected chi connectivity index (χ4v) is 4.00. The molecule has 5 heteroatoms. The highest BCUT2D eigenvalue weighted by Gasteiger charge is 2.30. The minimum atomic E-state index is -3.29. The first-order chi connectivity index (χ1) is 8.01. The highest BCUT2D eigenvalue weighted by molar-refractivity contribution is 7.92. The average Bonchev–Trinajstić information content (AvgIpc) is 2.29. The third kappa shape index (κ3) is 2.45. The number of nitrogen functional groups attached to an aromatic ring is 1. The van der Waals surface area contributed by atoms with Gasteiger partial charge >= 0.3 is 0 Å². The van der Waals surface area contributed by atoms with Crippen molar-refractivity contribution in [3.8, 4) is 0 Å². The monoisotopic (exact) mass is 255 g/mol. The fourth-order valence-electron chi connectivity index (χ4n) is 2.13. The van der Waals surface area contributed by atoms with Crippen molar-refractivity contribution in [1.29, 1.82) is 0 Å². The summed E-state index contributed by atoms with van der Waals surface area (Å²) in [6.45, 7) is 2.73. The number of hydrogen-bond acceptors (Lipinski definition) is 4. The average molecular weight is 255 g/mol. The molecule has 0 saturated carbocycles. The maximum absolute atomic E-state index is 12.4.